The molecule has 0 radical (unpaired) electrons. The summed E-state index contributed by atoms with van der Waals surface area (Å²) in [5.74, 6) is 2.38. The summed E-state index contributed by atoms with van der Waals surface area (Å²) in [6.07, 6.45) is 4.00. The first-order chi connectivity index (χ1) is 9.38. The van der Waals surface area contributed by atoms with Crippen LogP contribution in [-0.4, -0.2) is 17.5 Å². The summed E-state index contributed by atoms with van der Waals surface area (Å²) >= 11 is 2.09. The fourth-order valence-electron chi connectivity index (χ4n) is 2.82. The molecule has 19 heavy (non-hydrogen) atoms. The van der Waals surface area contributed by atoms with Crippen LogP contribution in [0.1, 0.15) is 38.0 Å². The lowest BCUT2D eigenvalue weighted by Crippen LogP contribution is -2.31. The van der Waals surface area contributed by atoms with Gasteiger partial charge in [-0.05, 0) is 37.3 Å². The molecule has 1 aromatic carbocycles. The SMILES string of the molecule is CCNC(c1cc2ccccc2o1)C1CCCCS1. The van der Waals surface area contributed by atoms with Crippen molar-refractivity contribution in [2.75, 3.05) is 12.3 Å². The van der Waals surface area contributed by atoms with Gasteiger partial charge in [0.05, 0.1) is 6.04 Å². The number of hydrogen-bond acceptors (Lipinski definition) is 3. The molecule has 0 spiro atoms. The Balaban J connectivity index is 1.89. The first kappa shape index (κ1) is 13.1. The molecule has 2 aromatic rings. The van der Waals surface area contributed by atoms with Crippen molar-refractivity contribution < 1.29 is 4.42 Å². The molecule has 1 fully saturated rings. The molecular weight excluding hydrogens is 254 g/mol. The van der Waals surface area contributed by atoms with Gasteiger partial charge in [0.1, 0.15) is 11.3 Å². The van der Waals surface area contributed by atoms with E-state index in [1.165, 1.54) is 30.4 Å². The van der Waals surface area contributed by atoms with Crippen LogP contribution in [0, 0.1) is 0 Å². The molecule has 2 heterocycles. The fraction of sp³-hybridized carbons (Fsp3) is 0.500. The molecule has 0 aliphatic carbocycles. The second kappa shape index (κ2) is 6.02. The first-order valence-electron chi connectivity index (χ1n) is 7.22. The number of furan rings is 1. The zero-order valence-electron chi connectivity index (χ0n) is 11.4. The highest BCUT2D eigenvalue weighted by Crippen LogP contribution is 2.36. The van der Waals surface area contributed by atoms with Gasteiger partial charge in [-0.3, -0.25) is 0 Å². The quantitative estimate of drug-likeness (QED) is 0.897. The summed E-state index contributed by atoms with van der Waals surface area (Å²) in [5, 5.41) is 5.47. The number of para-hydroxylation sites is 1. The predicted molar refractivity (Wildman–Crippen MR) is 82.7 cm³/mol. The van der Waals surface area contributed by atoms with Crippen molar-refractivity contribution in [3.63, 3.8) is 0 Å². The summed E-state index contributed by atoms with van der Waals surface area (Å²) in [5.41, 5.74) is 1.00. The van der Waals surface area contributed by atoms with E-state index < -0.39 is 0 Å². The molecule has 0 saturated carbocycles. The number of benzene rings is 1. The van der Waals surface area contributed by atoms with E-state index in [0.29, 0.717) is 11.3 Å². The summed E-state index contributed by atoms with van der Waals surface area (Å²) in [7, 11) is 0. The average Bonchev–Trinajstić information content (AvgIpc) is 2.89. The maximum atomic E-state index is 6.06. The van der Waals surface area contributed by atoms with Crippen molar-refractivity contribution in [2.24, 2.45) is 0 Å². The number of fused-ring (bicyclic) bond motifs is 1. The van der Waals surface area contributed by atoms with Gasteiger partial charge in [0, 0.05) is 10.6 Å². The van der Waals surface area contributed by atoms with Gasteiger partial charge in [-0.25, -0.2) is 0 Å². The van der Waals surface area contributed by atoms with E-state index in [-0.39, 0.29) is 0 Å². The Kier molecular flexibility index (Phi) is 4.14. The van der Waals surface area contributed by atoms with Crippen molar-refractivity contribution in [3.05, 3.63) is 36.1 Å². The number of rotatable bonds is 4. The van der Waals surface area contributed by atoms with Crippen LogP contribution in [0.4, 0.5) is 0 Å². The second-order valence-electron chi connectivity index (χ2n) is 5.13. The Morgan fingerprint density at radius 2 is 2.26 bits per heavy atom. The molecule has 3 rings (SSSR count). The van der Waals surface area contributed by atoms with Gasteiger partial charge in [0.25, 0.3) is 0 Å². The molecular formula is C16H21NOS. The van der Waals surface area contributed by atoms with Gasteiger partial charge >= 0.3 is 0 Å². The van der Waals surface area contributed by atoms with Crippen LogP contribution in [0.15, 0.2) is 34.7 Å². The summed E-state index contributed by atoms with van der Waals surface area (Å²) in [4.78, 5) is 0. The van der Waals surface area contributed by atoms with Crippen LogP contribution < -0.4 is 5.32 Å². The highest BCUT2D eigenvalue weighted by molar-refractivity contribution is 8.00. The molecule has 2 unspecified atom stereocenters. The van der Waals surface area contributed by atoms with Gasteiger partial charge in [0.2, 0.25) is 0 Å². The zero-order valence-corrected chi connectivity index (χ0v) is 12.2. The molecule has 1 aromatic heterocycles. The highest BCUT2D eigenvalue weighted by Gasteiger charge is 2.27. The maximum Gasteiger partial charge on any atom is 0.134 e. The lowest BCUT2D eigenvalue weighted by molar-refractivity contribution is 0.410. The average molecular weight is 275 g/mol. The molecule has 1 aliphatic heterocycles. The van der Waals surface area contributed by atoms with Crippen LogP contribution in [0.25, 0.3) is 11.0 Å². The Bertz CT molecular complexity index is 497. The van der Waals surface area contributed by atoms with Crippen LogP contribution in [0.3, 0.4) is 0 Å². The van der Waals surface area contributed by atoms with E-state index in [1.54, 1.807) is 0 Å². The van der Waals surface area contributed by atoms with Crippen molar-refractivity contribution in [3.8, 4) is 0 Å². The third-order valence-corrected chi connectivity index (χ3v) is 5.22. The van der Waals surface area contributed by atoms with Gasteiger partial charge in [-0.2, -0.15) is 11.8 Å². The fourth-order valence-corrected chi connectivity index (χ4v) is 4.25. The van der Waals surface area contributed by atoms with E-state index in [9.17, 15) is 0 Å². The molecule has 1 saturated heterocycles. The molecule has 102 valence electrons. The predicted octanol–water partition coefficient (Wildman–Crippen LogP) is 4.37. The Hall–Kier alpha value is -0.930. The third-order valence-electron chi connectivity index (χ3n) is 3.76. The number of thioether (sulfide) groups is 1. The summed E-state index contributed by atoms with van der Waals surface area (Å²) < 4.78 is 6.06. The second-order valence-corrected chi connectivity index (χ2v) is 6.47. The van der Waals surface area contributed by atoms with Gasteiger partial charge in [-0.15, -0.1) is 0 Å². The van der Waals surface area contributed by atoms with Gasteiger partial charge < -0.3 is 9.73 Å². The lowest BCUT2D eigenvalue weighted by atomic mass is 10.0. The topological polar surface area (TPSA) is 25.2 Å². The van der Waals surface area contributed by atoms with Gasteiger partial charge in [0.15, 0.2) is 0 Å². The van der Waals surface area contributed by atoms with Crippen LogP contribution in [0.2, 0.25) is 0 Å². The maximum absolute atomic E-state index is 6.06. The third kappa shape index (κ3) is 2.82. The Morgan fingerprint density at radius 1 is 1.37 bits per heavy atom. The number of hydrogen-bond donors (Lipinski definition) is 1. The number of nitrogens with one attached hydrogen (secondary N) is 1. The largest absolute Gasteiger partial charge is 0.459 e. The van der Waals surface area contributed by atoms with E-state index in [1.807, 2.05) is 6.07 Å². The smallest absolute Gasteiger partial charge is 0.134 e. The van der Waals surface area contributed by atoms with Crippen molar-refractivity contribution in [1.82, 2.24) is 5.32 Å². The van der Waals surface area contributed by atoms with Crippen molar-refractivity contribution >= 4 is 22.7 Å². The van der Waals surface area contributed by atoms with Gasteiger partial charge in [-0.1, -0.05) is 31.5 Å². The van der Waals surface area contributed by atoms with E-state index in [4.69, 9.17) is 4.42 Å². The molecule has 0 bridgehead atoms. The standard InChI is InChI=1S/C16H21NOS/c1-2-17-16(15-9-5-6-10-19-15)14-11-12-7-3-4-8-13(12)18-14/h3-4,7-8,11,15-17H,2,5-6,9-10H2,1H3. The molecule has 0 amide bonds. The Labute approximate surface area is 118 Å². The first-order valence-corrected chi connectivity index (χ1v) is 8.27. The highest BCUT2D eigenvalue weighted by atomic mass is 32.2. The van der Waals surface area contributed by atoms with Crippen molar-refractivity contribution in [1.29, 1.82) is 0 Å². The van der Waals surface area contributed by atoms with Crippen LogP contribution >= 0.6 is 11.8 Å². The van der Waals surface area contributed by atoms with E-state index >= 15 is 0 Å². The van der Waals surface area contributed by atoms with Crippen molar-refractivity contribution in [2.45, 2.75) is 37.5 Å². The molecule has 1 aliphatic rings. The van der Waals surface area contributed by atoms with Crippen LogP contribution in [0.5, 0.6) is 0 Å². The summed E-state index contributed by atoms with van der Waals surface area (Å²) in [6, 6.07) is 10.8. The minimum absolute atomic E-state index is 0.350. The Morgan fingerprint density at radius 3 is 3.00 bits per heavy atom. The minimum atomic E-state index is 0.350. The summed E-state index contributed by atoms with van der Waals surface area (Å²) in [6.45, 7) is 3.15. The lowest BCUT2D eigenvalue weighted by Gasteiger charge is -2.29. The molecule has 2 atom stereocenters. The van der Waals surface area contributed by atoms with E-state index in [2.05, 4.69) is 48.3 Å². The normalized spacial score (nSPS) is 21.6. The zero-order chi connectivity index (χ0) is 13.1. The molecule has 1 N–H and O–H groups in total. The molecule has 2 nitrogen and oxygen atoms in total. The minimum Gasteiger partial charge on any atom is -0.459 e. The van der Waals surface area contributed by atoms with Crippen LogP contribution in [-0.2, 0) is 0 Å². The molecule has 3 heteroatoms. The monoisotopic (exact) mass is 275 g/mol. The van der Waals surface area contributed by atoms with E-state index in [0.717, 1.165) is 17.9 Å².